The highest BCUT2D eigenvalue weighted by Crippen LogP contribution is 2.18. The van der Waals surface area contributed by atoms with E-state index in [1.807, 2.05) is 0 Å². The van der Waals surface area contributed by atoms with Gasteiger partial charge in [-0.25, -0.2) is 33.1 Å². The molecule has 0 spiro atoms. The number of amides is 1. The molecule has 3 aromatic rings. The van der Waals surface area contributed by atoms with Crippen LogP contribution in [0.2, 0.25) is 0 Å². The van der Waals surface area contributed by atoms with Gasteiger partial charge in [-0.1, -0.05) is 0 Å². The van der Waals surface area contributed by atoms with Gasteiger partial charge >= 0.3 is 0 Å². The van der Waals surface area contributed by atoms with Gasteiger partial charge in [0.1, 0.15) is 17.8 Å². The maximum Gasteiger partial charge on any atom is 0.274 e. The number of aryl methyl sites for hydroxylation is 1. The van der Waals surface area contributed by atoms with Gasteiger partial charge in [-0.05, 0) is 44.3 Å². The van der Waals surface area contributed by atoms with Gasteiger partial charge in [0.25, 0.3) is 15.9 Å². The van der Waals surface area contributed by atoms with Crippen LogP contribution in [-0.2, 0) is 10.0 Å². The van der Waals surface area contributed by atoms with Crippen LogP contribution in [0.4, 0.5) is 17.5 Å². The number of benzene rings is 1. The van der Waals surface area contributed by atoms with E-state index >= 15 is 0 Å². The van der Waals surface area contributed by atoms with Gasteiger partial charge in [-0.15, -0.1) is 0 Å². The number of nitrogens with one attached hydrogen (secondary N) is 2. The molecule has 1 amide bonds. The van der Waals surface area contributed by atoms with Crippen LogP contribution in [0.5, 0.6) is 0 Å². The number of hydrogen-bond donors (Lipinski definition) is 2. The summed E-state index contributed by atoms with van der Waals surface area (Å²) in [6, 6.07) is 9.12. The Labute approximate surface area is 192 Å². The topological polar surface area (TPSA) is 133 Å². The van der Waals surface area contributed by atoms with Gasteiger partial charge in [-0.3, -0.25) is 4.79 Å². The zero-order valence-electron chi connectivity index (χ0n) is 18.3. The Bertz CT molecular complexity index is 1240. The lowest BCUT2D eigenvalue weighted by atomic mass is 10.2. The van der Waals surface area contributed by atoms with E-state index in [1.54, 1.807) is 19.1 Å². The molecule has 0 bridgehead atoms. The molecular formula is C21H24N8O3S. The summed E-state index contributed by atoms with van der Waals surface area (Å²) in [7, 11) is -1.80. The molecule has 2 aromatic heterocycles. The maximum absolute atomic E-state index is 12.7. The van der Waals surface area contributed by atoms with Crippen LogP contribution in [0.15, 0.2) is 53.8 Å². The highest BCUT2D eigenvalue weighted by molar-refractivity contribution is 7.92. The fourth-order valence-electron chi connectivity index (χ4n) is 3.27. The van der Waals surface area contributed by atoms with Gasteiger partial charge in [0.05, 0.1) is 4.90 Å². The van der Waals surface area contributed by atoms with Crippen molar-refractivity contribution in [1.29, 1.82) is 0 Å². The first kappa shape index (κ1) is 22.6. The lowest BCUT2D eigenvalue weighted by molar-refractivity contribution is 0.102. The second-order valence-electron chi connectivity index (χ2n) is 7.66. The third-order valence-corrected chi connectivity index (χ3v) is 6.50. The van der Waals surface area contributed by atoms with Crippen molar-refractivity contribution in [2.75, 3.05) is 48.2 Å². The summed E-state index contributed by atoms with van der Waals surface area (Å²) in [5.74, 6) is 0.288. The Morgan fingerprint density at radius 3 is 2.42 bits per heavy atom. The monoisotopic (exact) mass is 468 g/mol. The molecule has 1 aliphatic rings. The van der Waals surface area contributed by atoms with Crippen LogP contribution in [0.25, 0.3) is 0 Å². The quantitative estimate of drug-likeness (QED) is 0.550. The number of likely N-dealkylation sites (N-methyl/N-ethyl adjacent to an activating group) is 1. The first-order chi connectivity index (χ1) is 15.8. The highest BCUT2D eigenvalue weighted by atomic mass is 32.2. The molecule has 0 atom stereocenters. The van der Waals surface area contributed by atoms with Crippen molar-refractivity contribution in [2.45, 2.75) is 11.8 Å². The lowest BCUT2D eigenvalue weighted by Gasteiger charge is -2.33. The summed E-state index contributed by atoms with van der Waals surface area (Å²) in [5, 5.41) is 2.74. The number of nitrogens with zero attached hydrogens (tertiary/aromatic N) is 6. The maximum atomic E-state index is 12.7. The standard InChI is InChI=1S/C21H24N8O3S/c1-15-7-8-22-21(25-15)27-33(31,32)17-5-3-16(4-6-17)26-20(30)18-13-19(24-14-23-18)29-11-9-28(2)10-12-29/h3-8,13-14H,9-12H2,1-2H3,(H,26,30)(H,22,25,27). The van der Waals surface area contributed by atoms with Crippen LogP contribution < -0.4 is 14.9 Å². The molecule has 4 rings (SSSR count). The van der Waals surface area contributed by atoms with Crippen molar-refractivity contribution in [3.8, 4) is 0 Å². The SMILES string of the molecule is Cc1ccnc(NS(=O)(=O)c2ccc(NC(=O)c3cc(N4CCN(C)CC4)ncn3)cc2)n1. The molecule has 1 fully saturated rings. The Morgan fingerprint density at radius 1 is 1.00 bits per heavy atom. The molecule has 0 unspecified atom stereocenters. The molecule has 0 saturated carbocycles. The van der Waals surface area contributed by atoms with Crippen molar-refractivity contribution in [2.24, 2.45) is 0 Å². The minimum Gasteiger partial charge on any atom is -0.354 e. The Morgan fingerprint density at radius 2 is 1.73 bits per heavy atom. The zero-order chi connectivity index (χ0) is 23.4. The summed E-state index contributed by atoms with van der Waals surface area (Å²) < 4.78 is 27.5. The van der Waals surface area contributed by atoms with Crippen LogP contribution in [-0.4, -0.2) is 72.4 Å². The molecule has 11 nitrogen and oxygen atoms in total. The molecule has 33 heavy (non-hydrogen) atoms. The molecule has 1 aliphatic heterocycles. The molecule has 1 aromatic carbocycles. The Kier molecular flexibility index (Phi) is 6.47. The third-order valence-electron chi connectivity index (χ3n) is 5.16. The minimum absolute atomic E-state index is 0.00713. The summed E-state index contributed by atoms with van der Waals surface area (Å²) in [6.07, 6.45) is 2.85. The van der Waals surface area contributed by atoms with Gasteiger partial charge in [0, 0.05) is 49.8 Å². The Hall–Kier alpha value is -3.64. The van der Waals surface area contributed by atoms with E-state index in [9.17, 15) is 13.2 Å². The number of rotatable bonds is 6. The average Bonchev–Trinajstić information content (AvgIpc) is 2.80. The number of hydrogen-bond acceptors (Lipinski definition) is 9. The predicted octanol–water partition coefficient (Wildman–Crippen LogP) is 1.38. The number of carbonyl (C=O) groups is 1. The molecular weight excluding hydrogens is 444 g/mol. The largest absolute Gasteiger partial charge is 0.354 e. The number of anilines is 3. The average molecular weight is 469 g/mol. The Balaban J connectivity index is 1.42. The zero-order valence-corrected chi connectivity index (χ0v) is 19.1. The fraction of sp³-hybridized carbons (Fsp3) is 0.286. The summed E-state index contributed by atoms with van der Waals surface area (Å²) in [5.41, 5.74) is 1.31. The second-order valence-corrected chi connectivity index (χ2v) is 9.34. The molecule has 12 heteroatoms. The summed E-state index contributed by atoms with van der Waals surface area (Å²) in [4.78, 5) is 33.4. The van der Waals surface area contributed by atoms with E-state index in [4.69, 9.17) is 0 Å². The molecule has 1 saturated heterocycles. The van der Waals surface area contributed by atoms with Gasteiger partial charge in [-0.2, -0.15) is 0 Å². The smallest absolute Gasteiger partial charge is 0.274 e. The first-order valence-corrected chi connectivity index (χ1v) is 11.8. The van der Waals surface area contributed by atoms with Crippen molar-refractivity contribution < 1.29 is 13.2 Å². The van der Waals surface area contributed by atoms with Crippen LogP contribution in [0.3, 0.4) is 0 Å². The molecule has 172 valence electrons. The first-order valence-electron chi connectivity index (χ1n) is 10.3. The van der Waals surface area contributed by atoms with E-state index in [0.717, 1.165) is 26.2 Å². The van der Waals surface area contributed by atoms with Crippen LogP contribution in [0.1, 0.15) is 16.2 Å². The summed E-state index contributed by atoms with van der Waals surface area (Å²) >= 11 is 0. The minimum atomic E-state index is -3.87. The lowest BCUT2D eigenvalue weighted by Crippen LogP contribution is -2.44. The van der Waals surface area contributed by atoms with E-state index in [-0.39, 0.29) is 16.5 Å². The predicted molar refractivity (Wildman–Crippen MR) is 124 cm³/mol. The number of aromatic nitrogens is 4. The molecule has 0 aliphatic carbocycles. The third kappa shape index (κ3) is 5.59. The van der Waals surface area contributed by atoms with E-state index in [1.165, 1.54) is 36.8 Å². The summed E-state index contributed by atoms with van der Waals surface area (Å²) in [6.45, 7) is 5.23. The van der Waals surface area contributed by atoms with Gasteiger partial charge < -0.3 is 15.1 Å². The van der Waals surface area contributed by atoms with E-state index in [0.29, 0.717) is 17.2 Å². The van der Waals surface area contributed by atoms with Crippen molar-refractivity contribution in [3.63, 3.8) is 0 Å². The molecule has 0 radical (unpaired) electrons. The fourth-order valence-corrected chi connectivity index (χ4v) is 4.22. The van der Waals surface area contributed by atoms with Gasteiger partial charge in [0.15, 0.2) is 0 Å². The highest BCUT2D eigenvalue weighted by Gasteiger charge is 2.19. The molecule has 3 heterocycles. The van der Waals surface area contributed by atoms with Crippen LogP contribution >= 0.6 is 0 Å². The second kappa shape index (κ2) is 9.46. The van der Waals surface area contributed by atoms with Crippen LogP contribution in [0, 0.1) is 6.92 Å². The molecule has 2 N–H and O–H groups in total. The van der Waals surface area contributed by atoms with E-state index < -0.39 is 15.9 Å². The number of carbonyl (C=O) groups excluding carboxylic acids is 1. The normalized spacial score (nSPS) is 14.7. The van der Waals surface area contributed by atoms with Crippen molar-refractivity contribution in [3.05, 3.63) is 60.3 Å². The van der Waals surface area contributed by atoms with E-state index in [2.05, 4.69) is 46.8 Å². The van der Waals surface area contributed by atoms with Gasteiger partial charge in [0.2, 0.25) is 5.95 Å². The van der Waals surface area contributed by atoms with Crippen molar-refractivity contribution >= 4 is 33.4 Å². The van der Waals surface area contributed by atoms with Crippen molar-refractivity contribution in [1.82, 2.24) is 24.8 Å². The number of sulfonamides is 1. The number of piperazine rings is 1.